The van der Waals surface area contributed by atoms with Crippen molar-refractivity contribution in [1.82, 2.24) is 10.2 Å². The van der Waals surface area contributed by atoms with Gasteiger partial charge in [0.15, 0.2) is 0 Å². The molecule has 1 aliphatic rings. The summed E-state index contributed by atoms with van der Waals surface area (Å²) in [7, 11) is 1.50. The molecule has 0 bridgehead atoms. The predicted octanol–water partition coefficient (Wildman–Crippen LogP) is 5.15. The molecule has 1 amide bonds. The Morgan fingerprint density at radius 1 is 1.12 bits per heavy atom. The summed E-state index contributed by atoms with van der Waals surface area (Å²) in [4.78, 5) is 15.0. The van der Waals surface area contributed by atoms with E-state index in [1.54, 1.807) is 30.3 Å². The number of amides is 1. The van der Waals surface area contributed by atoms with E-state index in [-0.39, 0.29) is 5.91 Å². The molecule has 1 heterocycles. The number of piperidine rings is 1. The molecular weight excluding hydrogens is 473 g/mol. The number of nitrogens with two attached hydrogens (primary N) is 1. The SMILES string of the molecule is COc1cc(N)c(Cl)cc1C(=O)NCC1CCN(CCCOc2cc(Cl)ccc2Cl)CC1. The van der Waals surface area contributed by atoms with Crippen LogP contribution in [0.15, 0.2) is 30.3 Å². The molecule has 0 atom stereocenters. The summed E-state index contributed by atoms with van der Waals surface area (Å²) in [5.41, 5.74) is 6.56. The first-order valence-corrected chi connectivity index (χ1v) is 11.7. The number of carbonyl (C=O) groups excluding carboxylic acids is 1. The van der Waals surface area contributed by atoms with Crippen LogP contribution in [0.2, 0.25) is 15.1 Å². The van der Waals surface area contributed by atoms with Gasteiger partial charge in [0, 0.05) is 30.2 Å². The molecule has 3 N–H and O–H groups in total. The van der Waals surface area contributed by atoms with E-state index in [2.05, 4.69) is 10.2 Å². The smallest absolute Gasteiger partial charge is 0.255 e. The minimum atomic E-state index is -0.206. The van der Waals surface area contributed by atoms with Crippen molar-refractivity contribution in [2.75, 3.05) is 45.6 Å². The highest BCUT2D eigenvalue weighted by Crippen LogP contribution is 2.29. The maximum Gasteiger partial charge on any atom is 0.255 e. The molecule has 0 spiro atoms. The number of methoxy groups -OCH3 is 1. The van der Waals surface area contributed by atoms with E-state index in [1.165, 1.54) is 7.11 Å². The Balaban J connectivity index is 1.37. The zero-order valence-electron chi connectivity index (χ0n) is 18.0. The van der Waals surface area contributed by atoms with Crippen molar-refractivity contribution in [3.63, 3.8) is 0 Å². The van der Waals surface area contributed by atoms with Crippen LogP contribution >= 0.6 is 34.8 Å². The minimum Gasteiger partial charge on any atom is -0.496 e. The van der Waals surface area contributed by atoms with Crippen LogP contribution < -0.4 is 20.5 Å². The molecule has 2 aromatic carbocycles. The topological polar surface area (TPSA) is 76.8 Å². The van der Waals surface area contributed by atoms with E-state index in [9.17, 15) is 4.79 Å². The number of likely N-dealkylation sites (tertiary alicyclic amines) is 1. The molecule has 1 aliphatic heterocycles. The molecular formula is C23H28Cl3N3O3. The maximum absolute atomic E-state index is 12.6. The Morgan fingerprint density at radius 3 is 2.59 bits per heavy atom. The van der Waals surface area contributed by atoms with E-state index < -0.39 is 0 Å². The first-order chi connectivity index (χ1) is 15.4. The van der Waals surface area contributed by atoms with Crippen LogP contribution in [0.5, 0.6) is 11.5 Å². The van der Waals surface area contributed by atoms with Gasteiger partial charge in [0.05, 0.1) is 35.0 Å². The minimum absolute atomic E-state index is 0.206. The second kappa shape index (κ2) is 11.8. The van der Waals surface area contributed by atoms with Crippen molar-refractivity contribution >= 4 is 46.4 Å². The zero-order valence-corrected chi connectivity index (χ0v) is 20.3. The number of rotatable bonds is 9. The number of nitrogens with zero attached hydrogens (tertiary/aromatic N) is 1. The van der Waals surface area contributed by atoms with Gasteiger partial charge in [-0.15, -0.1) is 0 Å². The molecule has 1 fully saturated rings. The third kappa shape index (κ3) is 6.82. The van der Waals surface area contributed by atoms with Gasteiger partial charge in [-0.2, -0.15) is 0 Å². The molecule has 0 aromatic heterocycles. The van der Waals surface area contributed by atoms with Crippen LogP contribution in [0, 0.1) is 5.92 Å². The van der Waals surface area contributed by atoms with Crippen molar-refractivity contribution in [2.45, 2.75) is 19.3 Å². The van der Waals surface area contributed by atoms with Crippen molar-refractivity contribution in [3.8, 4) is 11.5 Å². The maximum atomic E-state index is 12.6. The summed E-state index contributed by atoms with van der Waals surface area (Å²) in [6, 6.07) is 8.33. The first-order valence-electron chi connectivity index (χ1n) is 10.6. The first kappa shape index (κ1) is 24.8. The van der Waals surface area contributed by atoms with Gasteiger partial charge in [-0.3, -0.25) is 4.79 Å². The van der Waals surface area contributed by atoms with Crippen LogP contribution in [0.1, 0.15) is 29.6 Å². The lowest BCUT2D eigenvalue weighted by Crippen LogP contribution is -2.39. The number of carbonyl (C=O) groups is 1. The van der Waals surface area contributed by atoms with Crippen molar-refractivity contribution in [3.05, 3.63) is 51.0 Å². The third-order valence-electron chi connectivity index (χ3n) is 5.59. The molecule has 2 aromatic rings. The average molecular weight is 501 g/mol. The number of nitrogen functional groups attached to an aromatic ring is 1. The standard InChI is InChI=1S/C23H28Cl3N3O3/c1-31-21-13-20(27)19(26)12-17(21)23(30)28-14-15-5-8-29(9-6-15)7-2-10-32-22-11-16(24)3-4-18(22)25/h3-4,11-13,15H,2,5-10,14,27H2,1H3,(H,28,30). The number of halogens is 3. The average Bonchev–Trinajstić information content (AvgIpc) is 2.79. The number of hydrogen-bond acceptors (Lipinski definition) is 5. The summed E-state index contributed by atoms with van der Waals surface area (Å²) in [6.45, 7) is 4.15. The Kier molecular flexibility index (Phi) is 9.17. The lowest BCUT2D eigenvalue weighted by atomic mass is 9.96. The molecule has 32 heavy (non-hydrogen) atoms. The quantitative estimate of drug-likeness (QED) is 0.368. The van der Waals surface area contributed by atoms with Crippen molar-refractivity contribution in [1.29, 1.82) is 0 Å². The van der Waals surface area contributed by atoms with Gasteiger partial charge in [0.1, 0.15) is 11.5 Å². The summed E-state index contributed by atoms with van der Waals surface area (Å²) in [6.07, 6.45) is 2.96. The second-order valence-corrected chi connectivity index (χ2v) is 9.10. The number of benzene rings is 2. The Labute approximate surface area is 203 Å². The molecule has 9 heteroatoms. The Bertz CT molecular complexity index is 934. The summed E-state index contributed by atoms with van der Waals surface area (Å²) in [5.74, 6) is 1.27. The van der Waals surface area contributed by atoms with Crippen LogP contribution in [0.25, 0.3) is 0 Å². The van der Waals surface area contributed by atoms with Crippen molar-refractivity contribution in [2.24, 2.45) is 5.92 Å². The molecule has 3 rings (SSSR count). The fraction of sp³-hybridized carbons (Fsp3) is 0.435. The lowest BCUT2D eigenvalue weighted by molar-refractivity contribution is 0.0932. The van der Waals surface area contributed by atoms with Gasteiger partial charge in [-0.1, -0.05) is 34.8 Å². The fourth-order valence-corrected chi connectivity index (χ4v) is 4.22. The highest BCUT2D eigenvalue weighted by Gasteiger charge is 2.21. The van der Waals surface area contributed by atoms with Crippen LogP contribution in [-0.2, 0) is 0 Å². The highest BCUT2D eigenvalue weighted by atomic mass is 35.5. The van der Waals surface area contributed by atoms with E-state index in [1.807, 2.05) is 0 Å². The number of hydrogen-bond donors (Lipinski definition) is 2. The zero-order chi connectivity index (χ0) is 23.1. The van der Waals surface area contributed by atoms with Gasteiger partial charge in [0.2, 0.25) is 0 Å². The molecule has 0 aliphatic carbocycles. The van der Waals surface area contributed by atoms with Gasteiger partial charge < -0.3 is 25.4 Å². The van der Waals surface area contributed by atoms with Gasteiger partial charge in [-0.05, 0) is 56.5 Å². The van der Waals surface area contributed by atoms with Crippen LogP contribution in [0.3, 0.4) is 0 Å². The van der Waals surface area contributed by atoms with Crippen molar-refractivity contribution < 1.29 is 14.3 Å². The molecule has 0 saturated carbocycles. The summed E-state index contributed by atoms with van der Waals surface area (Å²) >= 11 is 18.2. The summed E-state index contributed by atoms with van der Waals surface area (Å²) in [5, 5.41) is 4.52. The lowest BCUT2D eigenvalue weighted by Gasteiger charge is -2.32. The van der Waals surface area contributed by atoms with E-state index in [0.29, 0.717) is 56.9 Å². The monoisotopic (exact) mass is 499 g/mol. The number of nitrogens with one attached hydrogen (secondary N) is 1. The van der Waals surface area contributed by atoms with E-state index >= 15 is 0 Å². The normalized spacial score (nSPS) is 14.9. The molecule has 6 nitrogen and oxygen atoms in total. The van der Waals surface area contributed by atoms with E-state index in [4.69, 9.17) is 50.0 Å². The largest absolute Gasteiger partial charge is 0.496 e. The molecule has 0 radical (unpaired) electrons. The van der Waals surface area contributed by atoms with Gasteiger partial charge in [-0.25, -0.2) is 0 Å². The van der Waals surface area contributed by atoms with Crippen LogP contribution in [0.4, 0.5) is 5.69 Å². The van der Waals surface area contributed by atoms with Gasteiger partial charge >= 0.3 is 0 Å². The Morgan fingerprint density at radius 2 is 1.88 bits per heavy atom. The number of ether oxygens (including phenoxy) is 2. The predicted molar refractivity (Wildman–Crippen MR) is 130 cm³/mol. The second-order valence-electron chi connectivity index (χ2n) is 7.85. The Hall–Kier alpha value is -1.86. The number of anilines is 1. The molecule has 1 saturated heterocycles. The fourth-order valence-electron chi connectivity index (χ4n) is 3.72. The highest BCUT2D eigenvalue weighted by molar-refractivity contribution is 6.34. The molecule has 0 unspecified atom stereocenters. The van der Waals surface area contributed by atoms with E-state index in [0.717, 1.165) is 38.9 Å². The van der Waals surface area contributed by atoms with Gasteiger partial charge in [0.25, 0.3) is 5.91 Å². The van der Waals surface area contributed by atoms with Crippen LogP contribution in [-0.4, -0.2) is 50.7 Å². The third-order valence-corrected chi connectivity index (χ3v) is 6.47. The molecule has 174 valence electrons. The summed E-state index contributed by atoms with van der Waals surface area (Å²) < 4.78 is 11.0.